The van der Waals surface area contributed by atoms with E-state index < -0.39 is 12.1 Å². The lowest BCUT2D eigenvalue weighted by Crippen LogP contribution is -2.31. The zero-order valence-corrected chi connectivity index (χ0v) is 10.4. The molecule has 0 heterocycles. The molecule has 0 fully saturated rings. The van der Waals surface area contributed by atoms with E-state index in [0.29, 0.717) is 0 Å². The quantitative estimate of drug-likeness (QED) is 0.375. The molecule has 0 bridgehead atoms. The molecule has 0 saturated heterocycles. The highest BCUT2D eigenvalue weighted by Gasteiger charge is 2.25. The number of carbonyl (C=O) groups is 1. The molecular formula is C13H24O3. The molecule has 3 heteroatoms. The highest BCUT2D eigenvalue weighted by atomic mass is 16.5. The fraction of sp³-hybridized carbons (Fsp3) is 0.769. The second-order valence-electron chi connectivity index (χ2n) is 4.03. The van der Waals surface area contributed by atoms with Gasteiger partial charge >= 0.3 is 5.97 Å². The summed E-state index contributed by atoms with van der Waals surface area (Å²) in [6.45, 7) is 7.75. The van der Waals surface area contributed by atoms with Gasteiger partial charge in [0.15, 0.2) is 6.10 Å². The minimum atomic E-state index is -0.984. The maximum atomic E-state index is 11.4. The van der Waals surface area contributed by atoms with E-state index in [1.807, 2.05) is 6.92 Å². The number of carbonyl (C=O) groups excluding carboxylic acids is 1. The van der Waals surface area contributed by atoms with Gasteiger partial charge in [0.2, 0.25) is 0 Å². The lowest BCUT2D eigenvalue weighted by atomic mass is 9.93. The van der Waals surface area contributed by atoms with Crippen molar-refractivity contribution in [1.29, 1.82) is 0 Å². The Balaban J connectivity index is 4.01. The van der Waals surface area contributed by atoms with E-state index in [0.717, 1.165) is 32.1 Å². The van der Waals surface area contributed by atoms with Gasteiger partial charge in [0.1, 0.15) is 6.61 Å². The van der Waals surface area contributed by atoms with E-state index >= 15 is 0 Å². The zero-order chi connectivity index (χ0) is 12.4. The number of hydrogen-bond donors (Lipinski definition) is 1. The highest BCUT2D eigenvalue weighted by molar-refractivity contribution is 5.74. The molecule has 94 valence electrons. The zero-order valence-electron chi connectivity index (χ0n) is 10.4. The lowest BCUT2D eigenvalue weighted by Gasteiger charge is -2.19. The molecule has 0 aromatic rings. The van der Waals surface area contributed by atoms with Gasteiger partial charge in [-0.15, -0.1) is 0 Å². The van der Waals surface area contributed by atoms with E-state index in [2.05, 4.69) is 13.5 Å². The maximum Gasteiger partial charge on any atom is 0.335 e. The topological polar surface area (TPSA) is 46.5 Å². The van der Waals surface area contributed by atoms with Crippen LogP contribution >= 0.6 is 0 Å². The monoisotopic (exact) mass is 228 g/mol. The molecule has 16 heavy (non-hydrogen) atoms. The Morgan fingerprint density at radius 2 is 2.12 bits per heavy atom. The third-order valence-corrected chi connectivity index (χ3v) is 2.73. The van der Waals surface area contributed by atoms with Crippen molar-refractivity contribution >= 4 is 5.97 Å². The third kappa shape index (κ3) is 5.91. The van der Waals surface area contributed by atoms with Gasteiger partial charge in [-0.3, -0.25) is 0 Å². The Morgan fingerprint density at radius 3 is 2.62 bits per heavy atom. The number of esters is 1. The second-order valence-corrected chi connectivity index (χ2v) is 4.03. The van der Waals surface area contributed by atoms with Gasteiger partial charge in [0.05, 0.1) is 0 Å². The molecule has 3 nitrogen and oxygen atoms in total. The Bertz CT molecular complexity index is 201. The Morgan fingerprint density at radius 1 is 1.44 bits per heavy atom. The molecule has 0 aliphatic heterocycles. The van der Waals surface area contributed by atoms with Crippen LogP contribution in [0.15, 0.2) is 12.7 Å². The SMILES string of the molecule is C=CCOC(=O)[C@@H](O)[C@H](CC)CCCCC. The summed E-state index contributed by atoms with van der Waals surface area (Å²) in [5.74, 6) is -0.507. The fourth-order valence-electron chi connectivity index (χ4n) is 1.66. The van der Waals surface area contributed by atoms with Crippen LogP contribution in [-0.2, 0) is 9.53 Å². The van der Waals surface area contributed by atoms with E-state index in [9.17, 15) is 9.90 Å². The summed E-state index contributed by atoms with van der Waals surface area (Å²) in [7, 11) is 0. The first-order chi connectivity index (χ1) is 7.67. The van der Waals surface area contributed by atoms with Gasteiger partial charge in [-0.05, 0) is 12.3 Å². The third-order valence-electron chi connectivity index (χ3n) is 2.73. The summed E-state index contributed by atoms with van der Waals surface area (Å²) in [5.41, 5.74) is 0. The normalized spacial score (nSPS) is 14.2. The van der Waals surface area contributed by atoms with Crippen molar-refractivity contribution in [3.63, 3.8) is 0 Å². The Labute approximate surface area is 98.5 Å². The standard InChI is InChI=1S/C13H24O3/c1-4-7-8-9-11(6-3)12(14)13(15)16-10-5-2/h5,11-12,14H,2,4,6-10H2,1,3H3/t11-,12+/m1/s1. The van der Waals surface area contributed by atoms with Gasteiger partial charge in [-0.2, -0.15) is 0 Å². The van der Waals surface area contributed by atoms with Crippen LogP contribution in [0.2, 0.25) is 0 Å². The smallest absolute Gasteiger partial charge is 0.335 e. The molecule has 0 amide bonds. The summed E-state index contributed by atoms with van der Waals surface area (Å²) < 4.78 is 4.84. The van der Waals surface area contributed by atoms with Crippen molar-refractivity contribution < 1.29 is 14.6 Å². The number of unbranched alkanes of at least 4 members (excludes halogenated alkanes) is 2. The van der Waals surface area contributed by atoms with Crippen molar-refractivity contribution in [1.82, 2.24) is 0 Å². The van der Waals surface area contributed by atoms with Crippen molar-refractivity contribution in [3.05, 3.63) is 12.7 Å². The van der Waals surface area contributed by atoms with Crippen molar-refractivity contribution in [2.45, 2.75) is 52.1 Å². The molecule has 0 aromatic heterocycles. The van der Waals surface area contributed by atoms with Crippen LogP contribution in [0.4, 0.5) is 0 Å². The number of hydrogen-bond acceptors (Lipinski definition) is 3. The van der Waals surface area contributed by atoms with Gasteiger partial charge in [-0.1, -0.05) is 52.2 Å². The van der Waals surface area contributed by atoms with Gasteiger partial charge < -0.3 is 9.84 Å². The van der Waals surface area contributed by atoms with Crippen molar-refractivity contribution in [2.24, 2.45) is 5.92 Å². The van der Waals surface area contributed by atoms with Crippen LogP contribution < -0.4 is 0 Å². The second kappa shape index (κ2) is 9.40. The number of aliphatic hydroxyl groups excluding tert-OH is 1. The lowest BCUT2D eigenvalue weighted by molar-refractivity contribution is -0.155. The number of rotatable bonds is 9. The summed E-state index contributed by atoms with van der Waals surface area (Å²) in [6, 6.07) is 0. The minimum Gasteiger partial charge on any atom is -0.460 e. The van der Waals surface area contributed by atoms with Crippen molar-refractivity contribution in [2.75, 3.05) is 6.61 Å². The predicted octanol–water partition coefficient (Wildman–Crippen LogP) is 2.68. The average Bonchev–Trinajstić information content (AvgIpc) is 2.31. The molecule has 0 radical (unpaired) electrons. The summed E-state index contributed by atoms with van der Waals surface area (Å²) in [4.78, 5) is 11.4. The first-order valence-electron chi connectivity index (χ1n) is 6.12. The molecule has 0 spiro atoms. The van der Waals surface area contributed by atoms with Crippen LogP contribution in [0, 0.1) is 5.92 Å². The maximum absolute atomic E-state index is 11.4. The molecular weight excluding hydrogens is 204 g/mol. The summed E-state index contributed by atoms with van der Waals surface area (Å²) in [6.07, 6.45) is 5.55. The van der Waals surface area contributed by atoms with Crippen LogP contribution in [0.1, 0.15) is 46.0 Å². The minimum absolute atomic E-state index is 0.0175. The molecule has 2 atom stereocenters. The van der Waals surface area contributed by atoms with E-state index in [1.165, 1.54) is 6.08 Å². The average molecular weight is 228 g/mol. The highest BCUT2D eigenvalue weighted by Crippen LogP contribution is 2.18. The summed E-state index contributed by atoms with van der Waals surface area (Å²) >= 11 is 0. The number of aliphatic hydroxyl groups is 1. The molecule has 0 aliphatic carbocycles. The van der Waals surface area contributed by atoms with Crippen LogP contribution in [0.25, 0.3) is 0 Å². The molecule has 0 saturated carbocycles. The Kier molecular flexibility index (Phi) is 8.91. The van der Waals surface area contributed by atoms with Crippen LogP contribution in [0.5, 0.6) is 0 Å². The molecule has 0 aromatic carbocycles. The molecule has 0 rings (SSSR count). The van der Waals surface area contributed by atoms with Crippen molar-refractivity contribution in [3.8, 4) is 0 Å². The first-order valence-corrected chi connectivity index (χ1v) is 6.12. The predicted molar refractivity (Wildman–Crippen MR) is 65.1 cm³/mol. The molecule has 0 aliphatic rings. The first kappa shape index (κ1) is 15.2. The molecule has 0 unspecified atom stereocenters. The van der Waals surface area contributed by atoms with Gasteiger partial charge in [0.25, 0.3) is 0 Å². The largest absolute Gasteiger partial charge is 0.460 e. The van der Waals surface area contributed by atoms with Gasteiger partial charge in [0, 0.05) is 0 Å². The fourth-order valence-corrected chi connectivity index (χ4v) is 1.66. The number of ether oxygens (including phenoxy) is 1. The summed E-state index contributed by atoms with van der Waals surface area (Å²) in [5, 5.41) is 9.79. The van der Waals surface area contributed by atoms with E-state index in [1.54, 1.807) is 0 Å². The van der Waals surface area contributed by atoms with E-state index in [4.69, 9.17) is 4.74 Å². The van der Waals surface area contributed by atoms with Crippen LogP contribution in [-0.4, -0.2) is 23.8 Å². The van der Waals surface area contributed by atoms with E-state index in [-0.39, 0.29) is 12.5 Å². The van der Waals surface area contributed by atoms with Gasteiger partial charge in [-0.25, -0.2) is 4.79 Å². The Hall–Kier alpha value is -0.830. The van der Waals surface area contributed by atoms with Crippen LogP contribution in [0.3, 0.4) is 0 Å². The molecule has 1 N–H and O–H groups in total.